The van der Waals surface area contributed by atoms with Crippen molar-refractivity contribution in [2.75, 3.05) is 0 Å². The topological polar surface area (TPSA) is 54.5 Å². The molecule has 1 aromatic carbocycles. The standard InChI is InChI=1S/C18H14BrNO3/c19-13-4-2-1-3-10(13)16(21)20-17(22)14-8-5-6-9(12-7-11(8)12)15(14)18(20)23/h1-6,8-9,11-12,14-15H,7H2/t8-,9-,11-,12+,14-,15+/m0/s1. The summed E-state index contributed by atoms with van der Waals surface area (Å²) >= 11 is 3.33. The summed E-state index contributed by atoms with van der Waals surface area (Å²) in [4.78, 5) is 39.4. The molecule has 2 saturated carbocycles. The van der Waals surface area contributed by atoms with E-state index in [-0.39, 0.29) is 35.5 Å². The van der Waals surface area contributed by atoms with E-state index in [9.17, 15) is 14.4 Å². The van der Waals surface area contributed by atoms with Crippen LogP contribution in [-0.4, -0.2) is 22.6 Å². The average molecular weight is 372 g/mol. The minimum Gasteiger partial charge on any atom is -0.274 e. The van der Waals surface area contributed by atoms with Crippen LogP contribution in [-0.2, 0) is 9.59 Å². The fourth-order valence-electron chi connectivity index (χ4n) is 4.91. The Morgan fingerprint density at radius 2 is 1.57 bits per heavy atom. The summed E-state index contributed by atoms with van der Waals surface area (Å²) < 4.78 is 0.601. The lowest BCUT2D eigenvalue weighted by Gasteiger charge is -2.37. The van der Waals surface area contributed by atoms with Crippen LogP contribution in [0.25, 0.3) is 0 Å². The van der Waals surface area contributed by atoms with E-state index in [2.05, 4.69) is 28.1 Å². The van der Waals surface area contributed by atoms with Crippen LogP contribution in [0.5, 0.6) is 0 Å². The maximum Gasteiger partial charge on any atom is 0.268 e. The minimum atomic E-state index is -0.505. The number of carbonyl (C=O) groups is 3. The number of imide groups is 3. The Labute approximate surface area is 141 Å². The molecule has 0 aromatic heterocycles. The van der Waals surface area contributed by atoms with Crippen LogP contribution in [0.4, 0.5) is 0 Å². The molecule has 5 aliphatic rings. The number of amides is 3. The maximum absolute atomic E-state index is 12.9. The molecule has 3 amide bonds. The number of allylic oxidation sites excluding steroid dienone is 2. The summed E-state index contributed by atoms with van der Waals surface area (Å²) in [5.74, 6) is -0.388. The smallest absolute Gasteiger partial charge is 0.268 e. The van der Waals surface area contributed by atoms with E-state index in [1.54, 1.807) is 24.3 Å². The highest BCUT2D eigenvalue weighted by atomic mass is 79.9. The van der Waals surface area contributed by atoms with Crippen LogP contribution in [0.15, 0.2) is 40.9 Å². The van der Waals surface area contributed by atoms with Gasteiger partial charge in [-0.1, -0.05) is 24.3 Å². The van der Waals surface area contributed by atoms with Gasteiger partial charge in [0.2, 0.25) is 11.8 Å². The molecule has 1 aromatic rings. The molecular weight excluding hydrogens is 358 g/mol. The molecule has 2 bridgehead atoms. The van der Waals surface area contributed by atoms with Crippen molar-refractivity contribution in [2.45, 2.75) is 6.42 Å². The normalized spacial score (nSPS) is 39.4. The highest BCUT2D eigenvalue weighted by Gasteiger charge is 2.67. The van der Waals surface area contributed by atoms with E-state index >= 15 is 0 Å². The van der Waals surface area contributed by atoms with Crippen LogP contribution in [0.3, 0.4) is 0 Å². The lowest BCUT2D eigenvalue weighted by atomic mass is 9.63. The molecule has 23 heavy (non-hydrogen) atoms. The van der Waals surface area contributed by atoms with Crippen LogP contribution in [0.1, 0.15) is 16.8 Å². The number of likely N-dealkylation sites (tertiary alicyclic amines) is 1. The van der Waals surface area contributed by atoms with Gasteiger partial charge in [-0.3, -0.25) is 14.4 Å². The first-order valence-electron chi connectivity index (χ1n) is 7.94. The molecule has 0 radical (unpaired) electrons. The summed E-state index contributed by atoms with van der Waals surface area (Å²) in [5.41, 5.74) is 0.360. The van der Waals surface area contributed by atoms with E-state index < -0.39 is 5.91 Å². The molecule has 6 rings (SSSR count). The van der Waals surface area contributed by atoms with Gasteiger partial charge in [0, 0.05) is 4.47 Å². The Kier molecular flexibility index (Phi) is 2.62. The molecular formula is C18H14BrNO3. The van der Waals surface area contributed by atoms with Crippen molar-refractivity contribution in [1.82, 2.24) is 4.90 Å². The lowest BCUT2D eigenvalue weighted by molar-refractivity contribution is -0.136. The Morgan fingerprint density at radius 1 is 1.00 bits per heavy atom. The second-order valence-electron chi connectivity index (χ2n) is 6.95. The molecule has 1 saturated heterocycles. The van der Waals surface area contributed by atoms with Gasteiger partial charge in [-0.25, -0.2) is 4.90 Å². The average Bonchev–Trinajstić information content (AvgIpc) is 3.32. The van der Waals surface area contributed by atoms with Crippen LogP contribution >= 0.6 is 15.9 Å². The first-order chi connectivity index (χ1) is 11.1. The van der Waals surface area contributed by atoms with Gasteiger partial charge in [0.05, 0.1) is 17.4 Å². The zero-order valence-electron chi connectivity index (χ0n) is 12.2. The van der Waals surface area contributed by atoms with Gasteiger partial charge in [-0.2, -0.15) is 0 Å². The van der Waals surface area contributed by atoms with Crippen LogP contribution < -0.4 is 0 Å². The van der Waals surface area contributed by atoms with Gasteiger partial charge in [-0.05, 0) is 58.2 Å². The van der Waals surface area contributed by atoms with E-state index in [1.807, 2.05) is 0 Å². The Morgan fingerprint density at radius 3 is 2.13 bits per heavy atom. The predicted octanol–water partition coefficient (Wildman–Crippen LogP) is 2.64. The van der Waals surface area contributed by atoms with Gasteiger partial charge in [0.15, 0.2) is 0 Å². The number of carbonyl (C=O) groups excluding carboxylic acids is 3. The number of hydrogen-bond donors (Lipinski definition) is 0. The van der Waals surface area contributed by atoms with E-state index in [4.69, 9.17) is 0 Å². The van der Waals surface area contributed by atoms with E-state index in [0.29, 0.717) is 21.9 Å². The third-order valence-electron chi connectivity index (χ3n) is 5.97. The zero-order valence-corrected chi connectivity index (χ0v) is 13.8. The number of nitrogens with zero attached hydrogens (tertiary/aromatic N) is 1. The molecule has 3 fully saturated rings. The molecule has 1 aliphatic heterocycles. The van der Waals surface area contributed by atoms with Crippen molar-refractivity contribution in [3.8, 4) is 0 Å². The van der Waals surface area contributed by atoms with Crippen molar-refractivity contribution in [1.29, 1.82) is 0 Å². The molecule has 0 unspecified atom stereocenters. The minimum absolute atomic E-state index is 0.142. The fraction of sp³-hybridized carbons (Fsp3) is 0.389. The van der Waals surface area contributed by atoms with Crippen molar-refractivity contribution in [3.05, 3.63) is 46.5 Å². The summed E-state index contributed by atoms with van der Waals surface area (Å²) in [6, 6.07) is 6.91. The Balaban J connectivity index is 1.55. The van der Waals surface area contributed by atoms with E-state index in [1.165, 1.54) is 0 Å². The Bertz CT molecular complexity index is 765. The molecule has 0 spiro atoms. The molecule has 0 N–H and O–H groups in total. The molecule has 4 nitrogen and oxygen atoms in total. The Hall–Kier alpha value is -1.75. The summed E-state index contributed by atoms with van der Waals surface area (Å²) in [5, 5.41) is 0. The van der Waals surface area contributed by atoms with Crippen molar-refractivity contribution in [3.63, 3.8) is 0 Å². The number of benzene rings is 1. The van der Waals surface area contributed by atoms with Crippen molar-refractivity contribution >= 4 is 33.7 Å². The van der Waals surface area contributed by atoms with Crippen LogP contribution in [0.2, 0.25) is 0 Å². The monoisotopic (exact) mass is 371 g/mol. The first kappa shape index (κ1) is 13.7. The molecule has 6 atom stereocenters. The van der Waals surface area contributed by atoms with Crippen molar-refractivity contribution in [2.24, 2.45) is 35.5 Å². The largest absolute Gasteiger partial charge is 0.274 e. The zero-order chi connectivity index (χ0) is 15.9. The van der Waals surface area contributed by atoms with Gasteiger partial charge < -0.3 is 0 Å². The maximum atomic E-state index is 12.9. The van der Waals surface area contributed by atoms with Gasteiger partial charge >= 0.3 is 0 Å². The number of rotatable bonds is 1. The summed E-state index contributed by atoms with van der Waals surface area (Å²) in [6.07, 6.45) is 5.34. The second kappa shape index (κ2) is 4.41. The first-order valence-corrected chi connectivity index (χ1v) is 8.74. The number of halogens is 1. The third kappa shape index (κ3) is 1.63. The summed E-state index contributed by atoms with van der Waals surface area (Å²) in [7, 11) is 0. The lowest BCUT2D eigenvalue weighted by Crippen LogP contribution is -2.40. The highest BCUT2D eigenvalue weighted by molar-refractivity contribution is 9.10. The highest BCUT2D eigenvalue weighted by Crippen LogP contribution is 2.65. The third-order valence-corrected chi connectivity index (χ3v) is 6.66. The molecule has 4 aliphatic carbocycles. The van der Waals surface area contributed by atoms with Gasteiger partial charge in [-0.15, -0.1) is 0 Å². The van der Waals surface area contributed by atoms with Crippen molar-refractivity contribution < 1.29 is 14.4 Å². The quantitative estimate of drug-likeness (QED) is 0.563. The molecule has 116 valence electrons. The molecule has 1 heterocycles. The molecule has 5 heteroatoms. The second-order valence-corrected chi connectivity index (χ2v) is 7.81. The van der Waals surface area contributed by atoms with E-state index in [0.717, 1.165) is 11.3 Å². The fourth-order valence-corrected chi connectivity index (χ4v) is 5.37. The SMILES string of the molecule is O=C(c1ccccc1Br)N1C(=O)[C@@H]2[C@H]3C=C[C@@H]([C@@H]4C[C@H]34)[C@@H]2C1=O. The summed E-state index contributed by atoms with van der Waals surface area (Å²) in [6.45, 7) is 0. The van der Waals surface area contributed by atoms with Crippen LogP contribution in [0, 0.1) is 35.5 Å². The predicted molar refractivity (Wildman–Crippen MR) is 85.0 cm³/mol. The van der Waals surface area contributed by atoms with Gasteiger partial charge in [0.25, 0.3) is 5.91 Å². The van der Waals surface area contributed by atoms with Gasteiger partial charge in [0.1, 0.15) is 0 Å². The number of hydrogen-bond acceptors (Lipinski definition) is 3.